The maximum Gasteiger partial charge on any atom is 0.188 e. The smallest absolute Gasteiger partial charge is 0.188 e. The zero-order valence-corrected chi connectivity index (χ0v) is 13.2. The average Bonchev–Trinajstić information content (AvgIpc) is 2.81. The molecule has 0 fully saturated rings. The Balaban J connectivity index is 1.76. The molecular weight excluding hydrogens is 262 g/mol. The van der Waals surface area contributed by atoms with Gasteiger partial charge in [-0.3, -0.25) is 4.99 Å². The summed E-state index contributed by atoms with van der Waals surface area (Å²) in [5.41, 5.74) is 9.04. The second kappa shape index (κ2) is 7.46. The van der Waals surface area contributed by atoms with Crippen LogP contribution in [0.5, 0.6) is 0 Å². The van der Waals surface area contributed by atoms with Crippen molar-refractivity contribution >= 4 is 5.96 Å². The molecule has 1 aliphatic carbocycles. The van der Waals surface area contributed by atoms with E-state index in [9.17, 15) is 0 Å². The Morgan fingerprint density at radius 2 is 2.00 bits per heavy atom. The number of nitrogens with one attached hydrogen (secondary N) is 1. The number of hydrogen-bond donors (Lipinski definition) is 2. The summed E-state index contributed by atoms with van der Waals surface area (Å²) in [4.78, 5) is 4.52. The predicted molar refractivity (Wildman–Crippen MR) is 87.6 cm³/mol. The second-order valence-electron chi connectivity index (χ2n) is 6.11. The lowest BCUT2D eigenvalue weighted by Gasteiger charge is -2.21. The lowest BCUT2D eigenvalue weighted by Crippen LogP contribution is -2.34. The molecule has 0 unspecified atom stereocenters. The van der Waals surface area contributed by atoms with E-state index >= 15 is 0 Å². The molecule has 0 radical (unpaired) electrons. The minimum Gasteiger partial charge on any atom is -0.382 e. The van der Waals surface area contributed by atoms with Crippen LogP contribution in [0.4, 0.5) is 0 Å². The van der Waals surface area contributed by atoms with Gasteiger partial charge in [0.25, 0.3) is 0 Å². The Bertz CT molecular complexity index is 460. The molecule has 0 bridgehead atoms. The van der Waals surface area contributed by atoms with Gasteiger partial charge in [0.05, 0.1) is 0 Å². The normalized spacial score (nSPS) is 16.8. The highest BCUT2D eigenvalue weighted by Gasteiger charge is 2.32. The number of hydrogen-bond acceptors (Lipinski definition) is 2. The van der Waals surface area contributed by atoms with Gasteiger partial charge in [-0.1, -0.05) is 31.2 Å². The molecule has 0 heterocycles. The molecule has 0 aromatic heterocycles. The van der Waals surface area contributed by atoms with E-state index < -0.39 is 0 Å². The minimum absolute atomic E-state index is 0.196. The summed E-state index contributed by atoms with van der Waals surface area (Å²) >= 11 is 0. The number of rotatable bonds is 7. The third kappa shape index (κ3) is 4.74. The van der Waals surface area contributed by atoms with E-state index in [4.69, 9.17) is 10.5 Å². The van der Waals surface area contributed by atoms with Gasteiger partial charge in [0, 0.05) is 26.3 Å². The van der Waals surface area contributed by atoms with Gasteiger partial charge in [-0.15, -0.1) is 0 Å². The van der Waals surface area contributed by atoms with E-state index in [1.54, 1.807) is 0 Å². The standard InChI is InChI=1S/C17H27N3O/c1-3-21-10-6-9-19-16(18)20-13-17(2)11-14-7-4-5-8-15(14)12-17/h4-5,7-8H,3,6,9-13H2,1-2H3,(H3,18,19,20). The van der Waals surface area contributed by atoms with Crippen LogP contribution in [-0.2, 0) is 17.6 Å². The van der Waals surface area contributed by atoms with Crippen molar-refractivity contribution in [3.63, 3.8) is 0 Å². The van der Waals surface area contributed by atoms with Crippen molar-refractivity contribution in [2.75, 3.05) is 26.3 Å². The number of ether oxygens (including phenoxy) is 1. The Morgan fingerprint density at radius 3 is 2.62 bits per heavy atom. The Kier molecular flexibility index (Phi) is 5.62. The quantitative estimate of drug-likeness (QED) is 0.459. The van der Waals surface area contributed by atoms with Gasteiger partial charge in [0.1, 0.15) is 0 Å². The van der Waals surface area contributed by atoms with Crippen LogP contribution >= 0.6 is 0 Å². The summed E-state index contributed by atoms with van der Waals surface area (Å²) < 4.78 is 5.29. The molecule has 0 saturated carbocycles. The van der Waals surface area contributed by atoms with E-state index in [-0.39, 0.29) is 5.41 Å². The molecule has 21 heavy (non-hydrogen) atoms. The van der Waals surface area contributed by atoms with E-state index in [0.29, 0.717) is 5.96 Å². The van der Waals surface area contributed by atoms with Gasteiger partial charge >= 0.3 is 0 Å². The number of benzene rings is 1. The number of nitrogens with two attached hydrogens (primary N) is 1. The summed E-state index contributed by atoms with van der Waals surface area (Å²) in [6.45, 7) is 7.41. The van der Waals surface area contributed by atoms with Gasteiger partial charge in [-0.25, -0.2) is 0 Å². The third-order valence-corrected chi connectivity index (χ3v) is 3.96. The number of fused-ring (bicyclic) bond motifs is 1. The number of aliphatic imine (C=N–C) groups is 1. The highest BCUT2D eigenvalue weighted by atomic mass is 16.5. The zero-order valence-electron chi connectivity index (χ0n) is 13.2. The van der Waals surface area contributed by atoms with Crippen LogP contribution < -0.4 is 11.1 Å². The first-order valence-corrected chi connectivity index (χ1v) is 7.81. The molecule has 1 aromatic rings. The molecule has 4 heteroatoms. The second-order valence-corrected chi connectivity index (χ2v) is 6.11. The molecule has 1 aromatic carbocycles. The van der Waals surface area contributed by atoms with Gasteiger partial charge in [-0.2, -0.15) is 0 Å². The number of guanidine groups is 1. The minimum atomic E-state index is 0.196. The lowest BCUT2D eigenvalue weighted by molar-refractivity contribution is 0.145. The molecule has 2 rings (SSSR count). The molecule has 0 spiro atoms. The van der Waals surface area contributed by atoms with Crippen LogP contribution in [0.2, 0.25) is 0 Å². The molecular formula is C17H27N3O. The van der Waals surface area contributed by atoms with Crippen LogP contribution in [0, 0.1) is 5.41 Å². The molecule has 4 nitrogen and oxygen atoms in total. The maximum absolute atomic E-state index is 5.93. The largest absolute Gasteiger partial charge is 0.382 e. The van der Waals surface area contributed by atoms with E-state index in [2.05, 4.69) is 41.5 Å². The third-order valence-electron chi connectivity index (χ3n) is 3.96. The average molecular weight is 289 g/mol. The first-order chi connectivity index (χ1) is 10.1. The topological polar surface area (TPSA) is 59.6 Å². The van der Waals surface area contributed by atoms with Crippen molar-refractivity contribution in [2.45, 2.75) is 33.1 Å². The fourth-order valence-electron chi connectivity index (χ4n) is 2.86. The lowest BCUT2D eigenvalue weighted by atomic mass is 9.87. The van der Waals surface area contributed by atoms with Crippen molar-refractivity contribution in [3.8, 4) is 0 Å². The van der Waals surface area contributed by atoms with Crippen LogP contribution in [0.1, 0.15) is 31.4 Å². The van der Waals surface area contributed by atoms with Gasteiger partial charge in [0.2, 0.25) is 0 Å². The van der Waals surface area contributed by atoms with E-state index in [1.165, 1.54) is 11.1 Å². The Hall–Kier alpha value is -1.55. The molecule has 0 amide bonds. The molecule has 116 valence electrons. The van der Waals surface area contributed by atoms with E-state index in [1.807, 2.05) is 6.92 Å². The summed E-state index contributed by atoms with van der Waals surface area (Å²) in [6.07, 6.45) is 3.13. The van der Waals surface area contributed by atoms with Crippen molar-refractivity contribution in [3.05, 3.63) is 35.4 Å². The first kappa shape index (κ1) is 15.8. The molecule has 0 aliphatic heterocycles. The number of nitrogens with zero attached hydrogens (tertiary/aromatic N) is 1. The summed E-state index contributed by atoms with van der Waals surface area (Å²) in [7, 11) is 0. The van der Waals surface area contributed by atoms with Crippen LogP contribution in [0.15, 0.2) is 29.3 Å². The Morgan fingerprint density at radius 1 is 1.33 bits per heavy atom. The van der Waals surface area contributed by atoms with Crippen molar-refractivity contribution in [1.29, 1.82) is 0 Å². The maximum atomic E-state index is 5.93. The Labute approximate surface area is 127 Å². The highest BCUT2D eigenvalue weighted by molar-refractivity contribution is 5.77. The zero-order chi connectivity index (χ0) is 15.1. The van der Waals surface area contributed by atoms with Crippen LogP contribution in [0.3, 0.4) is 0 Å². The summed E-state index contributed by atoms with van der Waals surface area (Å²) in [5.74, 6) is 0.545. The van der Waals surface area contributed by atoms with Crippen LogP contribution in [0.25, 0.3) is 0 Å². The monoisotopic (exact) mass is 289 g/mol. The van der Waals surface area contributed by atoms with Gasteiger partial charge in [-0.05, 0) is 42.7 Å². The van der Waals surface area contributed by atoms with Gasteiger partial charge in [0.15, 0.2) is 5.96 Å². The highest BCUT2D eigenvalue weighted by Crippen LogP contribution is 2.36. The molecule has 1 aliphatic rings. The molecule has 0 atom stereocenters. The fraction of sp³-hybridized carbons (Fsp3) is 0.588. The van der Waals surface area contributed by atoms with Crippen molar-refractivity contribution in [2.24, 2.45) is 16.1 Å². The van der Waals surface area contributed by atoms with Crippen molar-refractivity contribution in [1.82, 2.24) is 5.32 Å². The van der Waals surface area contributed by atoms with Gasteiger partial charge < -0.3 is 15.8 Å². The predicted octanol–water partition coefficient (Wildman–Crippen LogP) is 2.12. The first-order valence-electron chi connectivity index (χ1n) is 7.81. The summed E-state index contributed by atoms with van der Waals surface area (Å²) in [6, 6.07) is 8.67. The van der Waals surface area contributed by atoms with Crippen molar-refractivity contribution < 1.29 is 4.74 Å². The van der Waals surface area contributed by atoms with E-state index in [0.717, 1.165) is 45.6 Å². The summed E-state index contributed by atoms with van der Waals surface area (Å²) in [5, 5.41) is 3.15. The fourth-order valence-corrected chi connectivity index (χ4v) is 2.86. The molecule has 0 saturated heterocycles. The molecule has 3 N–H and O–H groups in total. The SMILES string of the molecule is CCOCCCNC(N)=NCC1(C)Cc2ccccc2C1. The van der Waals surface area contributed by atoms with Crippen LogP contribution in [-0.4, -0.2) is 32.3 Å².